The van der Waals surface area contributed by atoms with E-state index in [0.29, 0.717) is 5.56 Å². The van der Waals surface area contributed by atoms with Gasteiger partial charge in [-0.2, -0.15) is 0 Å². The van der Waals surface area contributed by atoms with Gasteiger partial charge in [-0.3, -0.25) is 4.52 Å². The summed E-state index contributed by atoms with van der Waals surface area (Å²) in [5.74, 6) is -0.966. The minimum absolute atomic E-state index is 0.0956. The summed E-state index contributed by atoms with van der Waals surface area (Å²) in [5, 5.41) is 0. The summed E-state index contributed by atoms with van der Waals surface area (Å²) in [6, 6.07) is 2.43. The molecule has 20 heavy (non-hydrogen) atoms. The molecular weight excluding hydrogens is 310 g/mol. The van der Waals surface area contributed by atoms with Crippen LogP contribution in [0, 0.1) is 5.82 Å². The molecule has 0 aliphatic carbocycles. The van der Waals surface area contributed by atoms with Crippen LogP contribution < -0.4 is 0 Å². The predicted molar refractivity (Wildman–Crippen MR) is 70.4 cm³/mol. The molecule has 0 amide bonds. The molecule has 1 aromatic rings. The standard InChI is InChI=1S/C11H16FO6PS/c1-7(2)8-4-10(12)9(6-18-19(13,14)15)11(5-8)20(3,16)17/h4-5,7H,6H2,1-3H3,(H2,13,14,15). The van der Waals surface area contributed by atoms with Crippen LogP contribution in [0.2, 0.25) is 0 Å². The molecule has 0 radical (unpaired) electrons. The smallest absolute Gasteiger partial charge is 0.303 e. The summed E-state index contributed by atoms with van der Waals surface area (Å²) in [4.78, 5) is 16.9. The van der Waals surface area contributed by atoms with Crippen molar-refractivity contribution in [3.8, 4) is 0 Å². The van der Waals surface area contributed by atoms with Gasteiger partial charge in [-0.05, 0) is 23.6 Å². The Bertz CT molecular complexity index is 649. The van der Waals surface area contributed by atoms with E-state index in [2.05, 4.69) is 4.52 Å². The number of phosphoric ester groups is 1. The first-order valence-corrected chi connectivity index (χ1v) is 9.06. The van der Waals surface area contributed by atoms with Crippen LogP contribution in [0.5, 0.6) is 0 Å². The summed E-state index contributed by atoms with van der Waals surface area (Å²) in [6.45, 7) is 2.72. The SMILES string of the molecule is CC(C)c1cc(F)c(COP(=O)(O)O)c(S(C)(=O)=O)c1. The largest absolute Gasteiger partial charge is 0.469 e. The molecule has 114 valence electrons. The third-order valence-electron chi connectivity index (χ3n) is 2.62. The monoisotopic (exact) mass is 326 g/mol. The number of benzene rings is 1. The molecule has 1 aromatic carbocycles. The Morgan fingerprint density at radius 3 is 2.30 bits per heavy atom. The molecule has 9 heteroatoms. The highest BCUT2D eigenvalue weighted by molar-refractivity contribution is 7.90. The van der Waals surface area contributed by atoms with Gasteiger partial charge >= 0.3 is 7.82 Å². The van der Waals surface area contributed by atoms with Crippen molar-refractivity contribution in [3.63, 3.8) is 0 Å². The molecule has 0 heterocycles. The lowest BCUT2D eigenvalue weighted by Gasteiger charge is -2.14. The van der Waals surface area contributed by atoms with Gasteiger partial charge in [0.15, 0.2) is 9.84 Å². The zero-order valence-corrected chi connectivity index (χ0v) is 12.9. The highest BCUT2D eigenvalue weighted by Crippen LogP contribution is 2.38. The number of hydrogen-bond donors (Lipinski definition) is 2. The highest BCUT2D eigenvalue weighted by atomic mass is 32.2. The zero-order chi connectivity index (χ0) is 15.7. The third kappa shape index (κ3) is 4.64. The van der Waals surface area contributed by atoms with E-state index >= 15 is 0 Å². The molecule has 2 N–H and O–H groups in total. The third-order valence-corrected chi connectivity index (χ3v) is 4.25. The Morgan fingerprint density at radius 1 is 1.35 bits per heavy atom. The van der Waals surface area contributed by atoms with Crippen LogP contribution in [-0.2, 0) is 25.5 Å². The van der Waals surface area contributed by atoms with Crippen LogP contribution in [0.25, 0.3) is 0 Å². The van der Waals surface area contributed by atoms with Gasteiger partial charge in [0.25, 0.3) is 0 Å². The average Bonchev–Trinajstić information content (AvgIpc) is 2.23. The van der Waals surface area contributed by atoms with E-state index in [1.54, 1.807) is 13.8 Å². The van der Waals surface area contributed by atoms with Gasteiger partial charge in [0.1, 0.15) is 5.82 Å². The van der Waals surface area contributed by atoms with Crippen molar-refractivity contribution in [2.45, 2.75) is 31.3 Å². The molecule has 0 aromatic heterocycles. The number of phosphoric acid groups is 1. The number of halogens is 1. The van der Waals surface area contributed by atoms with Crippen molar-refractivity contribution in [2.75, 3.05) is 6.26 Å². The molecule has 0 aliphatic heterocycles. The maximum absolute atomic E-state index is 14.0. The van der Waals surface area contributed by atoms with E-state index in [1.165, 1.54) is 6.07 Å². The Kier molecular flexibility index (Phi) is 5.10. The van der Waals surface area contributed by atoms with Gasteiger partial charge in [-0.1, -0.05) is 13.8 Å². The molecule has 0 unspecified atom stereocenters. The highest BCUT2D eigenvalue weighted by Gasteiger charge is 2.23. The molecule has 6 nitrogen and oxygen atoms in total. The lowest BCUT2D eigenvalue weighted by molar-refractivity contribution is 0.185. The minimum Gasteiger partial charge on any atom is -0.303 e. The molecule has 0 bridgehead atoms. The average molecular weight is 326 g/mol. The van der Waals surface area contributed by atoms with E-state index in [9.17, 15) is 17.4 Å². The summed E-state index contributed by atoms with van der Waals surface area (Å²) in [7, 11) is -8.57. The van der Waals surface area contributed by atoms with Crippen molar-refractivity contribution in [1.82, 2.24) is 0 Å². The van der Waals surface area contributed by atoms with Crippen molar-refractivity contribution in [1.29, 1.82) is 0 Å². The summed E-state index contributed by atoms with van der Waals surface area (Å²) >= 11 is 0. The maximum atomic E-state index is 14.0. The lowest BCUT2D eigenvalue weighted by Crippen LogP contribution is -2.08. The van der Waals surface area contributed by atoms with Crippen LogP contribution >= 0.6 is 7.82 Å². The Balaban J connectivity index is 3.39. The first-order valence-electron chi connectivity index (χ1n) is 5.64. The van der Waals surface area contributed by atoms with Crippen molar-refractivity contribution in [3.05, 3.63) is 29.1 Å². The van der Waals surface area contributed by atoms with Gasteiger partial charge in [-0.15, -0.1) is 0 Å². The fourth-order valence-corrected chi connectivity index (χ4v) is 2.84. The molecule has 0 atom stereocenters. The molecule has 0 aliphatic rings. The molecule has 1 rings (SSSR count). The summed E-state index contributed by atoms with van der Waals surface area (Å²) in [6.07, 6.45) is 0.896. The van der Waals surface area contributed by atoms with E-state index < -0.39 is 30.1 Å². The molecule has 0 spiro atoms. The van der Waals surface area contributed by atoms with Crippen LogP contribution in [0.4, 0.5) is 4.39 Å². The molecule has 0 saturated heterocycles. The van der Waals surface area contributed by atoms with Gasteiger partial charge in [0.2, 0.25) is 0 Å². The second-order valence-electron chi connectivity index (χ2n) is 4.67. The van der Waals surface area contributed by atoms with Crippen molar-refractivity contribution >= 4 is 17.7 Å². The number of hydrogen-bond acceptors (Lipinski definition) is 4. The Morgan fingerprint density at radius 2 is 1.90 bits per heavy atom. The Hall–Kier alpha value is -0.790. The van der Waals surface area contributed by atoms with Crippen molar-refractivity contribution in [2.24, 2.45) is 0 Å². The quantitative estimate of drug-likeness (QED) is 0.802. The predicted octanol–water partition coefficient (Wildman–Crippen LogP) is 1.96. The second kappa shape index (κ2) is 5.91. The fraction of sp³-hybridized carbons (Fsp3) is 0.455. The first kappa shape index (κ1) is 17.3. The fourth-order valence-electron chi connectivity index (χ4n) is 1.58. The van der Waals surface area contributed by atoms with E-state index in [1.807, 2.05) is 0 Å². The molecule has 0 saturated carbocycles. The topological polar surface area (TPSA) is 101 Å². The lowest BCUT2D eigenvalue weighted by atomic mass is 10.0. The normalized spacial score (nSPS) is 12.9. The number of sulfone groups is 1. The van der Waals surface area contributed by atoms with Crippen LogP contribution in [0.3, 0.4) is 0 Å². The number of rotatable bonds is 5. The van der Waals surface area contributed by atoms with Gasteiger partial charge < -0.3 is 9.79 Å². The minimum atomic E-state index is -4.82. The first-order chi connectivity index (χ1) is 8.92. The van der Waals surface area contributed by atoms with E-state index in [4.69, 9.17) is 9.79 Å². The van der Waals surface area contributed by atoms with Gasteiger partial charge in [0, 0.05) is 11.8 Å². The maximum Gasteiger partial charge on any atom is 0.469 e. The van der Waals surface area contributed by atoms with Crippen LogP contribution in [0.15, 0.2) is 17.0 Å². The zero-order valence-electron chi connectivity index (χ0n) is 11.2. The van der Waals surface area contributed by atoms with E-state index in [0.717, 1.165) is 12.3 Å². The van der Waals surface area contributed by atoms with Crippen LogP contribution in [0.1, 0.15) is 30.9 Å². The van der Waals surface area contributed by atoms with Crippen molar-refractivity contribution < 1.29 is 31.7 Å². The molecule has 0 fully saturated rings. The van der Waals surface area contributed by atoms with Gasteiger partial charge in [-0.25, -0.2) is 17.4 Å². The second-order valence-corrected chi connectivity index (χ2v) is 7.89. The van der Waals surface area contributed by atoms with Gasteiger partial charge in [0.05, 0.1) is 11.5 Å². The summed E-state index contributed by atoms with van der Waals surface area (Å²) in [5.41, 5.74) is 0.0862. The Labute approximate surface area is 116 Å². The summed E-state index contributed by atoms with van der Waals surface area (Å²) < 4.78 is 52.2. The van der Waals surface area contributed by atoms with E-state index in [-0.39, 0.29) is 16.4 Å². The van der Waals surface area contributed by atoms with Crippen LogP contribution in [-0.4, -0.2) is 24.5 Å². The molecular formula is C11H16FO6PS.